The molecule has 2 aromatic rings. The molecule has 2 heterocycles. The number of likely N-dealkylation sites (N-methyl/N-ethyl adjacent to an activating group) is 1. The molecule has 0 atom stereocenters. The minimum absolute atomic E-state index is 0.0249. The van der Waals surface area contributed by atoms with Crippen LogP contribution in [0.1, 0.15) is 18.4 Å². The molecular formula is C20H28N4O. The molecular weight excluding hydrogens is 312 g/mol. The highest BCUT2D eigenvalue weighted by atomic mass is 16.1. The van der Waals surface area contributed by atoms with Gasteiger partial charge >= 0.3 is 0 Å². The smallest absolute Gasteiger partial charge is 0.243 e. The van der Waals surface area contributed by atoms with Gasteiger partial charge in [-0.15, -0.1) is 0 Å². The summed E-state index contributed by atoms with van der Waals surface area (Å²) in [5.74, 6) is 0.0249. The van der Waals surface area contributed by atoms with Crippen molar-refractivity contribution in [3.8, 4) is 0 Å². The Balaban J connectivity index is 1.46. The van der Waals surface area contributed by atoms with Gasteiger partial charge in [0.25, 0.3) is 0 Å². The van der Waals surface area contributed by atoms with E-state index >= 15 is 0 Å². The van der Waals surface area contributed by atoms with Gasteiger partial charge in [0.15, 0.2) is 0 Å². The number of hydrogen-bond acceptors (Lipinski definition) is 3. The zero-order chi connectivity index (χ0) is 17.6. The van der Waals surface area contributed by atoms with Crippen LogP contribution in [0.5, 0.6) is 0 Å². The molecule has 1 saturated heterocycles. The summed E-state index contributed by atoms with van der Waals surface area (Å²) in [6.07, 6.45) is 7.69. The molecule has 1 aliphatic rings. The van der Waals surface area contributed by atoms with Crippen LogP contribution in [0.15, 0.2) is 42.6 Å². The third-order valence-corrected chi connectivity index (χ3v) is 4.74. The number of nitrogens with one attached hydrogen (secondary N) is 2. The molecule has 0 bridgehead atoms. The molecule has 1 aromatic heterocycles. The predicted molar refractivity (Wildman–Crippen MR) is 102 cm³/mol. The van der Waals surface area contributed by atoms with Crippen LogP contribution < -0.4 is 5.32 Å². The van der Waals surface area contributed by atoms with Crippen molar-refractivity contribution in [2.75, 3.05) is 33.7 Å². The Labute approximate surface area is 149 Å². The first-order valence-corrected chi connectivity index (χ1v) is 9.01. The summed E-state index contributed by atoms with van der Waals surface area (Å²) in [6, 6.07) is 8.73. The Kier molecular flexibility index (Phi) is 5.89. The average Bonchev–Trinajstić information content (AvgIpc) is 2.99. The van der Waals surface area contributed by atoms with Gasteiger partial charge in [0, 0.05) is 55.4 Å². The second-order valence-corrected chi connectivity index (χ2v) is 7.08. The van der Waals surface area contributed by atoms with Gasteiger partial charge in [-0.1, -0.05) is 24.3 Å². The molecule has 0 unspecified atom stereocenters. The highest BCUT2D eigenvalue weighted by molar-refractivity contribution is 5.87. The molecule has 1 aromatic carbocycles. The third kappa shape index (κ3) is 4.94. The molecule has 25 heavy (non-hydrogen) atoms. The largest absolute Gasteiger partial charge is 0.361 e. The summed E-state index contributed by atoms with van der Waals surface area (Å²) in [5, 5.41) is 4.43. The van der Waals surface area contributed by atoms with E-state index < -0.39 is 0 Å². The van der Waals surface area contributed by atoms with Crippen LogP contribution in [0.25, 0.3) is 10.9 Å². The Morgan fingerprint density at radius 2 is 2.08 bits per heavy atom. The van der Waals surface area contributed by atoms with Gasteiger partial charge in [0.05, 0.1) is 0 Å². The van der Waals surface area contributed by atoms with Crippen LogP contribution in [0, 0.1) is 0 Å². The number of fused-ring (bicyclic) bond motifs is 1. The first-order chi connectivity index (χ1) is 12.1. The van der Waals surface area contributed by atoms with Crippen LogP contribution in [-0.4, -0.2) is 60.5 Å². The fourth-order valence-electron chi connectivity index (χ4n) is 3.36. The minimum Gasteiger partial charge on any atom is -0.361 e. The second-order valence-electron chi connectivity index (χ2n) is 7.08. The summed E-state index contributed by atoms with van der Waals surface area (Å²) in [6.45, 7) is 3.79. The quantitative estimate of drug-likeness (QED) is 0.794. The SMILES string of the molecule is CN(C)C/C=C/C(=O)NC1CCN(Cc2c[nH]c3ccccc23)CC1. The lowest BCUT2D eigenvalue weighted by molar-refractivity contribution is -0.117. The zero-order valence-corrected chi connectivity index (χ0v) is 15.2. The normalized spacial score (nSPS) is 16.9. The number of hydrogen-bond donors (Lipinski definition) is 2. The van der Waals surface area contributed by atoms with Crippen molar-refractivity contribution in [1.29, 1.82) is 0 Å². The lowest BCUT2D eigenvalue weighted by Gasteiger charge is -2.32. The van der Waals surface area contributed by atoms with E-state index in [-0.39, 0.29) is 11.9 Å². The third-order valence-electron chi connectivity index (χ3n) is 4.74. The van der Waals surface area contributed by atoms with Gasteiger partial charge in [-0.25, -0.2) is 0 Å². The number of amides is 1. The monoisotopic (exact) mass is 340 g/mol. The van der Waals surface area contributed by atoms with Crippen molar-refractivity contribution in [1.82, 2.24) is 20.1 Å². The van der Waals surface area contributed by atoms with Gasteiger partial charge < -0.3 is 15.2 Å². The van der Waals surface area contributed by atoms with E-state index in [1.165, 1.54) is 16.5 Å². The Morgan fingerprint density at radius 1 is 1.32 bits per heavy atom. The number of H-pyrrole nitrogens is 1. The molecule has 1 fully saturated rings. The van der Waals surface area contributed by atoms with Crippen LogP contribution >= 0.6 is 0 Å². The number of aromatic amines is 1. The molecule has 3 rings (SSSR count). The van der Waals surface area contributed by atoms with Crippen LogP contribution in [-0.2, 0) is 11.3 Å². The maximum absolute atomic E-state index is 11.9. The number of piperidine rings is 1. The number of nitrogens with zero attached hydrogens (tertiary/aromatic N) is 2. The van der Waals surface area contributed by atoms with Crippen molar-refractivity contribution >= 4 is 16.8 Å². The fourth-order valence-corrected chi connectivity index (χ4v) is 3.36. The van der Waals surface area contributed by atoms with E-state index in [0.29, 0.717) is 0 Å². The number of rotatable bonds is 6. The highest BCUT2D eigenvalue weighted by Crippen LogP contribution is 2.21. The molecule has 0 spiro atoms. The summed E-state index contributed by atoms with van der Waals surface area (Å²) < 4.78 is 0. The van der Waals surface area contributed by atoms with Gasteiger partial charge in [-0.2, -0.15) is 0 Å². The highest BCUT2D eigenvalue weighted by Gasteiger charge is 2.20. The average molecular weight is 340 g/mol. The molecule has 0 aliphatic carbocycles. The summed E-state index contributed by atoms with van der Waals surface area (Å²) in [7, 11) is 3.98. The van der Waals surface area contributed by atoms with Gasteiger partial charge in [0.2, 0.25) is 5.91 Å². The molecule has 1 amide bonds. The molecule has 5 nitrogen and oxygen atoms in total. The van der Waals surface area contributed by atoms with E-state index in [0.717, 1.165) is 39.0 Å². The molecule has 134 valence electrons. The number of benzene rings is 1. The number of aromatic nitrogens is 1. The number of carbonyl (C=O) groups is 1. The van der Waals surface area contributed by atoms with E-state index in [4.69, 9.17) is 0 Å². The summed E-state index contributed by atoms with van der Waals surface area (Å²) >= 11 is 0. The lowest BCUT2D eigenvalue weighted by Crippen LogP contribution is -2.43. The maximum Gasteiger partial charge on any atom is 0.243 e. The molecule has 0 saturated carbocycles. The minimum atomic E-state index is 0.0249. The van der Waals surface area contributed by atoms with Crippen LogP contribution in [0.3, 0.4) is 0 Å². The standard InChI is InChI=1S/C20H28N4O/c1-23(2)11-5-8-20(25)22-17-9-12-24(13-10-17)15-16-14-21-19-7-4-3-6-18(16)19/h3-8,14,17,21H,9-13,15H2,1-2H3,(H,22,25)/b8-5+. The lowest BCUT2D eigenvalue weighted by atomic mass is 10.0. The summed E-state index contributed by atoms with van der Waals surface area (Å²) in [4.78, 5) is 19.8. The van der Waals surface area contributed by atoms with Gasteiger partial charge in [-0.3, -0.25) is 9.69 Å². The van der Waals surface area contributed by atoms with Crippen LogP contribution in [0.2, 0.25) is 0 Å². The van der Waals surface area contributed by atoms with Crippen LogP contribution in [0.4, 0.5) is 0 Å². The second kappa shape index (κ2) is 8.32. The number of carbonyl (C=O) groups excluding carboxylic acids is 1. The van der Waals surface area contributed by atoms with Crippen molar-refractivity contribution in [2.24, 2.45) is 0 Å². The molecule has 1 aliphatic heterocycles. The Morgan fingerprint density at radius 3 is 2.84 bits per heavy atom. The number of likely N-dealkylation sites (tertiary alicyclic amines) is 1. The van der Waals surface area contributed by atoms with E-state index in [1.807, 2.05) is 25.1 Å². The molecule has 5 heteroatoms. The molecule has 0 radical (unpaired) electrons. The number of para-hydroxylation sites is 1. The first kappa shape index (κ1) is 17.7. The van der Waals surface area contributed by atoms with Gasteiger partial charge in [-0.05, 0) is 38.6 Å². The first-order valence-electron chi connectivity index (χ1n) is 9.01. The Bertz CT molecular complexity index is 726. The zero-order valence-electron chi connectivity index (χ0n) is 15.2. The topological polar surface area (TPSA) is 51.4 Å². The molecule has 2 N–H and O–H groups in total. The van der Waals surface area contributed by atoms with Crippen molar-refractivity contribution < 1.29 is 4.79 Å². The Hall–Kier alpha value is -2.11. The maximum atomic E-state index is 11.9. The van der Waals surface area contributed by atoms with Gasteiger partial charge in [0.1, 0.15) is 0 Å². The van der Waals surface area contributed by atoms with Crippen molar-refractivity contribution in [3.63, 3.8) is 0 Å². The van der Waals surface area contributed by atoms with E-state index in [1.54, 1.807) is 6.08 Å². The summed E-state index contributed by atoms with van der Waals surface area (Å²) in [5.41, 5.74) is 2.55. The predicted octanol–water partition coefficient (Wildman–Crippen LogP) is 2.37. The van der Waals surface area contributed by atoms with Crippen molar-refractivity contribution in [3.05, 3.63) is 48.2 Å². The van der Waals surface area contributed by atoms with E-state index in [9.17, 15) is 4.79 Å². The van der Waals surface area contributed by atoms with E-state index in [2.05, 4.69) is 45.7 Å². The fraction of sp³-hybridized carbons (Fsp3) is 0.450. The van der Waals surface area contributed by atoms with Crippen molar-refractivity contribution in [2.45, 2.75) is 25.4 Å².